The number of benzene rings is 5. The predicted octanol–water partition coefficient (Wildman–Crippen LogP) is 6.35. The molecule has 5 aromatic rings. The van der Waals surface area contributed by atoms with Gasteiger partial charge in [-0.2, -0.15) is 0 Å². The highest BCUT2D eigenvalue weighted by atomic mass is 14.2. The zero-order valence-electron chi connectivity index (χ0n) is 12.8. The lowest BCUT2D eigenvalue weighted by molar-refractivity contribution is 1.39. The number of hydrogen-bond acceptors (Lipinski definition) is 0. The van der Waals surface area contributed by atoms with E-state index in [1.54, 1.807) is 0 Å². The fourth-order valence-electron chi connectivity index (χ4n) is 3.99. The number of hydrogen-bond donors (Lipinski definition) is 0. The molecule has 5 rings (SSSR count). The molecule has 0 amide bonds. The van der Waals surface area contributed by atoms with E-state index in [-0.39, 0.29) is 0 Å². The van der Waals surface area contributed by atoms with Crippen LogP contribution in [0.1, 0.15) is 11.1 Å². The molecule has 0 aliphatic carbocycles. The van der Waals surface area contributed by atoms with E-state index in [2.05, 4.69) is 74.5 Å². The van der Waals surface area contributed by atoms with Crippen LogP contribution >= 0.6 is 0 Å². The van der Waals surface area contributed by atoms with Crippen LogP contribution in [-0.4, -0.2) is 0 Å². The fourth-order valence-corrected chi connectivity index (χ4v) is 3.99. The minimum atomic E-state index is 1.33. The van der Waals surface area contributed by atoms with E-state index >= 15 is 0 Å². The van der Waals surface area contributed by atoms with Crippen LogP contribution in [0.2, 0.25) is 0 Å². The Kier molecular flexibility index (Phi) is 2.17. The van der Waals surface area contributed by atoms with Crippen molar-refractivity contribution in [3.63, 3.8) is 0 Å². The molecule has 0 spiro atoms. The summed E-state index contributed by atoms with van der Waals surface area (Å²) in [5.74, 6) is 0. The van der Waals surface area contributed by atoms with Gasteiger partial charge in [0.05, 0.1) is 0 Å². The first kappa shape index (κ1) is 12.0. The summed E-state index contributed by atoms with van der Waals surface area (Å²) in [6.07, 6.45) is 0. The van der Waals surface area contributed by atoms with Gasteiger partial charge < -0.3 is 0 Å². The van der Waals surface area contributed by atoms with Crippen molar-refractivity contribution in [2.75, 3.05) is 0 Å². The fraction of sp³-hybridized carbons (Fsp3) is 0.0909. The molecule has 104 valence electrons. The van der Waals surface area contributed by atoms with Gasteiger partial charge in [-0.25, -0.2) is 0 Å². The van der Waals surface area contributed by atoms with Gasteiger partial charge in [0.25, 0.3) is 0 Å². The normalized spacial score (nSPS) is 12.1. The Hall–Kier alpha value is -2.60. The summed E-state index contributed by atoms with van der Waals surface area (Å²) < 4.78 is 0. The lowest BCUT2D eigenvalue weighted by Gasteiger charge is -2.16. The van der Waals surface area contributed by atoms with Crippen molar-refractivity contribution in [1.29, 1.82) is 0 Å². The predicted molar refractivity (Wildman–Crippen MR) is 97.1 cm³/mol. The highest BCUT2D eigenvalue weighted by Gasteiger charge is 2.14. The molecular formula is C22H16. The van der Waals surface area contributed by atoms with Crippen molar-refractivity contribution >= 4 is 43.1 Å². The molecule has 0 heterocycles. The van der Waals surface area contributed by atoms with E-state index in [9.17, 15) is 0 Å². The molecule has 0 bridgehead atoms. The molecule has 0 aromatic heterocycles. The average molecular weight is 280 g/mol. The summed E-state index contributed by atoms with van der Waals surface area (Å²) in [6.45, 7) is 4.46. The maximum absolute atomic E-state index is 2.37. The van der Waals surface area contributed by atoms with Gasteiger partial charge in [-0.05, 0) is 68.1 Å². The number of fused-ring (bicyclic) bond motifs is 2. The summed E-state index contributed by atoms with van der Waals surface area (Å²) >= 11 is 0. The Morgan fingerprint density at radius 1 is 0.545 bits per heavy atom. The largest absolute Gasteiger partial charge is 0.0610 e. The van der Waals surface area contributed by atoms with Crippen molar-refractivity contribution in [2.24, 2.45) is 0 Å². The molecule has 5 aromatic carbocycles. The van der Waals surface area contributed by atoms with E-state index in [0.717, 1.165) is 0 Å². The lowest BCUT2D eigenvalue weighted by atomic mass is 9.87. The van der Waals surface area contributed by atoms with Crippen LogP contribution in [0, 0.1) is 13.8 Å². The molecule has 0 saturated heterocycles. The zero-order chi connectivity index (χ0) is 14.8. The number of aryl methyl sites for hydroxylation is 2. The molecular weight excluding hydrogens is 264 g/mol. The van der Waals surface area contributed by atoms with E-state index in [1.165, 1.54) is 54.2 Å². The first-order chi connectivity index (χ1) is 10.8. The second-order valence-corrected chi connectivity index (χ2v) is 6.30. The molecule has 0 atom stereocenters. The third kappa shape index (κ3) is 1.33. The van der Waals surface area contributed by atoms with Gasteiger partial charge in [0.2, 0.25) is 0 Å². The van der Waals surface area contributed by atoms with Gasteiger partial charge in [-0.15, -0.1) is 0 Å². The monoisotopic (exact) mass is 280 g/mol. The van der Waals surface area contributed by atoms with Gasteiger partial charge in [-0.1, -0.05) is 60.7 Å². The first-order valence-corrected chi connectivity index (χ1v) is 7.81. The van der Waals surface area contributed by atoms with Gasteiger partial charge in [-0.3, -0.25) is 0 Å². The van der Waals surface area contributed by atoms with Crippen molar-refractivity contribution < 1.29 is 0 Å². The van der Waals surface area contributed by atoms with Crippen molar-refractivity contribution in [1.82, 2.24) is 0 Å². The van der Waals surface area contributed by atoms with E-state index < -0.39 is 0 Å². The van der Waals surface area contributed by atoms with Crippen LogP contribution < -0.4 is 0 Å². The Labute approximate surface area is 129 Å². The molecule has 0 N–H and O–H groups in total. The van der Waals surface area contributed by atoms with Gasteiger partial charge in [0.15, 0.2) is 0 Å². The van der Waals surface area contributed by atoms with Crippen LogP contribution in [0.4, 0.5) is 0 Å². The van der Waals surface area contributed by atoms with Crippen molar-refractivity contribution in [3.8, 4) is 0 Å². The second kappa shape index (κ2) is 3.98. The highest BCUT2D eigenvalue weighted by molar-refractivity contribution is 6.33. The van der Waals surface area contributed by atoms with Gasteiger partial charge in [0, 0.05) is 0 Å². The third-order valence-electron chi connectivity index (χ3n) is 5.18. The van der Waals surface area contributed by atoms with Crippen LogP contribution in [0.15, 0.2) is 60.7 Å². The van der Waals surface area contributed by atoms with Gasteiger partial charge >= 0.3 is 0 Å². The molecule has 22 heavy (non-hydrogen) atoms. The minimum Gasteiger partial charge on any atom is -0.0610 e. The molecule has 0 unspecified atom stereocenters. The summed E-state index contributed by atoms with van der Waals surface area (Å²) in [5, 5.41) is 11.0. The first-order valence-electron chi connectivity index (χ1n) is 7.81. The molecule has 0 heteroatoms. The second-order valence-electron chi connectivity index (χ2n) is 6.30. The smallest absolute Gasteiger partial charge is 0.00235 e. The van der Waals surface area contributed by atoms with Crippen LogP contribution in [0.5, 0.6) is 0 Å². The van der Waals surface area contributed by atoms with Gasteiger partial charge in [0.1, 0.15) is 0 Å². The summed E-state index contributed by atoms with van der Waals surface area (Å²) in [5.41, 5.74) is 2.77. The topological polar surface area (TPSA) is 0 Å². The minimum absolute atomic E-state index is 1.33. The maximum atomic E-state index is 2.37. The standard InChI is InChI=1S/C22H16/c1-13-12-20-19-10-4-7-15-6-3-9-17(21(15)19)18-11-5-8-16(14(13)2)22(18)20/h3-12H,1-2H3. The third-order valence-corrected chi connectivity index (χ3v) is 5.18. The van der Waals surface area contributed by atoms with E-state index in [1.807, 2.05) is 0 Å². The van der Waals surface area contributed by atoms with E-state index in [4.69, 9.17) is 0 Å². The quantitative estimate of drug-likeness (QED) is 0.229. The SMILES string of the molecule is Cc1cc2c3cccc4cccc(c5cccc(c1C)c52)c43. The molecule has 0 fully saturated rings. The van der Waals surface area contributed by atoms with Crippen LogP contribution in [0.3, 0.4) is 0 Å². The zero-order valence-corrected chi connectivity index (χ0v) is 12.8. The summed E-state index contributed by atoms with van der Waals surface area (Å²) in [4.78, 5) is 0. The highest BCUT2D eigenvalue weighted by Crippen LogP contribution is 2.41. The number of rotatable bonds is 0. The molecule has 0 saturated carbocycles. The Bertz CT molecular complexity index is 1170. The molecule has 0 aliphatic heterocycles. The molecule has 0 nitrogen and oxygen atoms in total. The maximum Gasteiger partial charge on any atom is -0.00235 e. The summed E-state index contributed by atoms with van der Waals surface area (Å²) in [7, 11) is 0. The van der Waals surface area contributed by atoms with Crippen molar-refractivity contribution in [3.05, 3.63) is 71.8 Å². The van der Waals surface area contributed by atoms with Crippen LogP contribution in [-0.2, 0) is 0 Å². The Morgan fingerprint density at radius 3 is 1.82 bits per heavy atom. The van der Waals surface area contributed by atoms with E-state index in [0.29, 0.717) is 0 Å². The lowest BCUT2D eigenvalue weighted by Crippen LogP contribution is -1.90. The van der Waals surface area contributed by atoms with Crippen LogP contribution in [0.25, 0.3) is 43.1 Å². The Balaban J connectivity index is 2.29. The average Bonchev–Trinajstić information content (AvgIpc) is 2.56. The Morgan fingerprint density at radius 2 is 1.09 bits per heavy atom. The molecule has 0 aliphatic rings. The summed E-state index contributed by atoms with van der Waals surface area (Å²) in [6, 6.07) is 22.4. The molecule has 0 radical (unpaired) electrons. The van der Waals surface area contributed by atoms with Crippen molar-refractivity contribution in [2.45, 2.75) is 13.8 Å².